The third-order valence-corrected chi connectivity index (χ3v) is 2.80. The summed E-state index contributed by atoms with van der Waals surface area (Å²) in [6.07, 6.45) is 0.493. The highest BCUT2D eigenvalue weighted by Gasteiger charge is 2.19. The molecule has 6 nitrogen and oxygen atoms in total. The van der Waals surface area contributed by atoms with Crippen LogP contribution in [0.2, 0.25) is 0 Å². The molecule has 0 unspecified atom stereocenters. The molecule has 1 amide bonds. The van der Waals surface area contributed by atoms with Crippen LogP contribution in [0.25, 0.3) is 0 Å². The predicted octanol–water partition coefficient (Wildman–Crippen LogP) is 1.36. The Morgan fingerprint density at radius 2 is 1.95 bits per heavy atom. The Morgan fingerprint density at radius 3 is 2.55 bits per heavy atom. The molecule has 1 aliphatic heterocycles. The van der Waals surface area contributed by atoms with Gasteiger partial charge in [-0.2, -0.15) is 5.26 Å². The summed E-state index contributed by atoms with van der Waals surface area (Å²) in [5.74, 6) is -0.661. The van der Waals surface area contributed by atoms with E-state index in [9.17, 15) is 9.59 Å². The summed E-state index contributed by atoms with van der Waals surface area (Å²) in [5, 5.41) is 11.4. The van der Waals surface area contributed by atoms with E-state index >= 15 is 0 Å². The molecule has 102 valence electrons. The first-order valence-corrected chi connectivity index (χ1v) is 5.91. The Kier molecular flexibility index (Phi) is 4.01. The monoisotopic (exact) mass is 272 g/mol. The summed E-state index contributed by atoms with van der Waals surface area (Å²) in [7, 11) is 1.29. The maximum atomic E-state index is 12.0. The minimum Gasteiger partial charge on any atom is -0.478 e. The highest BCUT2D eigenvalue weighted by atomic mass is 16.5. The van der Waals surface area contributed by atoms with Crippen molar-refractivity contribution in [1.82, 2.24) is 5.32 Å². The fraction of sp³-hybridized carbons (Fsp3) is 0.214. The van der Waals surface area contributed by atoms with Gasteiger partial charge in [0, 0.05) is 12.0 Å². The maximum Gasteiger partial charge on any atom is 0.337 e. The van der Waals surface area contributed by atoms with Crippen LogP contribution in [0.5, 0.6) is 0 Å². The first kappa shape index (κ1) is 13.6. The molecule has 0 saturated carbocycles. The lowest BCUT2D eigenvalue weighted by Gasteiger charge is -2.07. The van der Waals surface area contributed by atoms with E-state index in [-0.39, 0.29) is 5.88 Å². The van der Waals surface area contributed by atoms with E-state index in [2.05, 4.69) is 10.1 Å². The maximum absolute atomic E-state index is 12.0. The first-order chi connectivity index (χ1) is 9.65. The van der Waals surface area contributed by atoms with Crippen LogP contribution < -0.4 is 5.32 Å². The van der Waals surface area contributed by atoms with Crippen LogP contribution in [0, 0.1) is 11.3 Å². The van der Waals surface area contributed by atoms with Crippen LogP contribution in [0.3, 0.4) is 0 Å². The Morgan fingerprint density at radius 1 is 1.30 bits per heavy atom. The van der Waals surface area contributed by atoms with Gasteiger partial charge in [0.2, 0.25) is 5.88 Å². The summed E-state index contributed by atoms with van der Waals surface area (Å²) in [6, 6.07) is 7.98. The Balaban J connectivity index is 2.11. The topological polar surface area (TPSA) is 88.4 Å². The molecular formula is C14H12N2O4. The van der Waals surface area contributed by atoms with E-state index in [1.165, 1.54) is 31.4 Å². The number of nitriles is 1. The van der Waals surface area contributed by atoms with Gasteiger partial charge in [0.1, 0.15) is 6.07 Å². The smallest absolute Gasteiger partial charge is 0.337 e. The van der Waals surface area contributed by atoms with Gasteiger partial charge in [-0.1, -0.05) is 0 Å². The van der Waals surface area contributed by atoms with Crippen LogP contribution in [-0.4, -0.2) is 25.6 Å². The third-order valence-electron chi connectivity index (χ3n) is 2.80. The van der Waals surface area contributed by atoms with Crippen molar-refractivity contribution < 1.29 is 19.1 Å². The summed E-state index contributed by atoms with van der Waals surface area (Å²) in [6.45, 7) is 0.389. The second kappa shape index (κ2) is 5.89. The van der Waals surface area contributed by atoms with E-state index in [1.807, 2.05) is 6.07 Å². The van der Waals surface area contributed by atoms with E-state index < -0.39 is 11.9 Å². The number of rotatable bonds is 3. The molecule has 2 rings (SSSR count). The number of nitrogens with zero attached hydrogens (tertiary/aromatic N) is 1. The predicted molar refractivity (Wildman–Crippen MR) is 68.5 cm³/mol. The number of carbonyl (C=O) groups excluding carboxylic acids is 2. The number of hydrogen-bond donors (Lipinski definition) is 1. The minimum atomic E-state index is -0.467. The van der Waals surface area contributed by atoms with Gasteiger partial charge in [0.25, 0.3) is 5.91 Å². The lowest BCUT2D eigenvalue weighted by molar-refractivity contribution is 0.0600. The third kappa shape index (κ3) is 2.78. The molecule has 1 N–H and O–H groups in total. The summed E-state index contributed by atoms with van der Waals surface area (Å²) < 4.78 is 9.75. The van der Waals surface area contributed by atoms with Gasteiger partial charge in [-0.15, -0.1) is 0 Å². The van der Waals surface area contributed by atoms with Crippen molar-refractivity contribution in [2.75, 3.05) is 13.7 Å². The molecule has 1 aliphatic rings. The van der Waals surface area contributed by atoms with Gasteiger partial charge in [-0.05, 0) is 24.3 Å². The fourth-order valence-electron chi connectivity index (χ4n) is 1.72. The average Bonchev–Trinajstić information content (AvgIpc) is 2.93. The van der Waals surface area contributed by atoms with Gasteiger partial charge in [0.05, 0.1) is 24.9 Å². The molecule has 1 aromatic carbocycles. The van der Waals surface area contributed by atoms with Crippen molar-refractivity contribution in [2.45, 2.75) is 6.42 Å². The van der Waals surface area contributed by atoms with Crippen molar-refractivity contribution in [3.05, 3.63) is 46.8 Å². The van der Waals surface area contributed by atoms with Gasteiger partial charge < -0.3 is 9.47 Å². The van der Waals surface area contributed by atoms with E-state index in [1.54, 1.807) is 0 Å². The molecule has 0 saturated heterocycles. The summed E-state index contributed by atoms with van der Waals surface area (Å²) >= 11 is 0. The van der Waals surface area contributed by atoms with Crippen LogP contribution in [0.4, 0.5) is 0 Å². The zero-order valence-electron chi connectivity index (χ0n) is 10.8. The van der Waals surface area contributed by atoms with Gasteiger partial charge >= 0.3 is 5.97 Å². The molecule has 6 heteroatoms. The fourth-order valence-corrected chi connectivity index (χ4v) is 1.72. The van der Waals surface area contributed by atoms with Crippen molar-refractivity contribution in [3.8, 4) is 6.07 Å². The number of nitrogens with one attached hydrogen (secondary N) is 1. The van der Waals surface area contributed by atoms with Crippen LogP contribution in [-0.2, 0) is 9.47 Å². The average molecular weight is 272 g/mol. The van der Waals surface area contributed by atoms with Crippen molar-refractivity contribution >= 4 is 11.9 Å². The van der Waals surface area contributed by atoms with Crippen LogP contribution in [0.1, 0.15) is 27.1 Å². The van der Waals surface area contributed by atoms with Crippen molar-refractivity contribution in [2.24, 2.45) is 0 Å². The van der Waals surface area contributed by atoms with Gasteiger partial charge in [-0.25, -0.2) is 4.79 Å². The summed E-state index contributed by atoms with van der Waals surface area (Å²) in [5.41, 5.74) is 1.14. The second-order valence-electron chi connectivity index (χ2n) is 4.04. The van der Waals surface area contributed by atoms with Crippen molar-refractivity contribution in [3.63, 3.8) is 0 Å². The van der Waals surface area contributed by atoms with Crippen molar-refractivity contribution in [1.29, 1.82) is 5.26 Å². The molecule has 0 bridgehead atoms. The van der Waals surface area contributed by atoms with Crippen LogP contribution in [0.15, 0.2) is 35.7 Å². The molecule has 0 aliphatic carbocycles. The van der Waals surface area contributed by atoms with Crippen LogP contribution >= 0.6 is 0 Å². The quantitative estimate of drug-likeness (QED) is 0.839. The van der Waals surface area contributed by atoms with Gasteiger partial charge in [-0.3, -0.25) is 10.1 Å². The molecule has 1 aromatic rings. The number of esters is 1. The zero-order chi connectivity index (χ0) is 14.5. The largest absolute Gasteiger partial charge is 0.478 e. The minimum absolute atomic E-state index is 0.203. The second-order valence-corrected chi connectivity index (χ2v) is 4.04. The number of amides is 1. The van der Waals surface area contributed by atoms with E-state index in [0.717, 1.165) is 0 Å². The standard InChI is InChI=1S/C14H12N2O4/c1-19-14(18)10-4-2-9(3-5-10)12(17)16-13-11(8-15)6-7-20-13/h2-5H,6-7H2,1H3,(H,16,17). The lowest BCUT2D eigenvalue weighted by Crippen LogP contribution is -2.23. The Labute approximate surface area is 115 Å². The molecule has 1 heterocycles. The van der Waals surface area contributed by atoms with Gasteiger partial charge in [0.15, 0.2) is 0 Å². The van der Waals surface area contributed by atoms with E-state index in [0.29, 0.717) is 29.7 Å². The molecule has 20 heavy (non-hydrogen) atoms. The number of ether oxygens (including phenoxy) is 2. The molecular weight excluding hydrogens is 260 g/mol. The Hall–Kier alpha value is -2.81. The first-order valence-electron chi connectivity index (χ1n) is 5.91. The normalized spacial score (nSPS) is 13.4. The number of methoxy groups -OCH3 is 1. The molecule has 0 atom stereocenters. The zero-order valence-corrected chi connectivity index (χ0v) is 10.8. The molecule has 0 fully saturated rings. The number of hydrogen-bond acceptors (Lipinski definition) is 5. The number of benzene rings is 1. The number of carbonyl (C=O) groups is 2. The molecule has 0 spiro atoms. The lowest BCUT2D eigenvalue weighted by atomic mass is 10.1. The Bertz CT molecular complexity index is 611. The SMILES string of the molecule is COC(=O)c1ccc(C(=O)NC2=C(C#N)CCO2)cc1. The molecule has 0 aromatic heterocycles. The van der Waals surface area contributed by atoms with E-state index in [4.69, 9.17) is 10.00 Å². The summed E-state index contributed by atoms with van der Waals surface area (Å²) in [4.78, 5) is 23.2. The highest BCUT2D eigenvalue weighted by Crippen LogP contribution is 2.16. The highest BCUT2D eigenvalue weighted by molar-refractivity contribution is 5.97. The molecule has 0 radical (unpaired) electrons.